The molecule has 14 heteroatoms. The molecule has 4 aromatic carbocycles. The molecule has 0 aliphatic heterocycles. The molecule has 4 aromatic rings. The van der Waals surface area contributed by atoms with E-state index in [9.17, 15) is 19.2 Å². The summed E-state index contributed by atoms with van der Waals surface area (Å²) in [6, 6.07) is 29.5. The van der Waals surface area contributed by atoms with Crippen molar-refractivity contribution in [2.75, 3.05) is 40.1 Å². The summed E-state index contributed by atoms with van der Waals surface area (Å²) in [6.45, 7) is 11.7. The number of carbonyl (C=O) groups is 4. The third-order valence-corrected chi connectivity index (χ3v) is 13.2. The normalized spacial score (nSPS) is 12.2. The predicted octanol–water partition coefficient (Wildman–Crippen LogP) is 15.6. The number of esters is 4. The second-order valence-electron chi connectivity index (χ2n) is 20.2. The maximum absolute atomic E-state index is 13.3. The third-order valence-electron chi connectivity index (χ3n) is 13.2. The van der Waals surface area contributed by atoms with Gasteiger partial charge in [-0.3, -0.25) is 9.59 Å². The fourth-order valence-electron chi connectivity index (χ4n) is 8.45. The average Bonchev–Trinajstić information content (AvgIpc) is 3.44. The molecule has 0 heterocycles. The zero-order valence-electron chi connectivity index (χ0n) is 46.6. The lowest BCUT2D eigenvalue weighted by Gasteiger charge is -2.33. The van der Waals surface area contributed by atoms with E-state index in [1.807, 2.05) is 70.2 Å². The minimum atomic E-state index is -0.831. The minimum absolute atomic E-state index is 0.0234. The number of unbranched alkanes of at least 4 members (excludes halogenated alkanes) is 12. The van der Waals surface area contributed by atoms with E-state index < -0.39 is 22.8 Å². The number of nitriles is 1. The highest BCUT2D eigenvalue weighted by molar-refractivity contribution is 5.91. The van der Waals surface area contributed by atoms with Crippen LogP contribution in [0.3, 0.4) is 0 Å². The molecular formula is C63H83N3O11. The van der Waals surface area contributed by atoms with Crippen molar-refractivity contribution in [3.63, 3.8) is 0 Å². The summed E-state index contributed by atoms with van der Waals surface area (Å²) in [5.41, 5.74) is 2.30. The van der Waals surface area contributed by atoms with E-state index in [0.29, 0.717) is 61.9 Å². The van der Waals surface area contributed by atoms with Crippen molar-refractivity contribution >= 4 is 41.3 Å². The maximum atomic E-state index is 13.3. The van der Waals surface area contributed by atoms with Gasteiger partial charge >= 0.3 is 23.9 Å². The smallest absolute Gasteiger partial charge is 0.343 e. The van der Waals surface area contributed by atoms with Gasteiger partial charge in [-0.05, 0) is 175 Å². The molecule has 0 saturated heterocycles. The van der Waals surface area contributed by atoms with Crippen LogP contribution in [0.5, 0.6) is 23.0 Å². The molecule has 1 unspecified atom stereocenters. The van der Waals surface area contributed by atoms with Crippen molar-refractivity contribution in [2.45, 2.75) is 157 Å². The quantitative estimate of drug-likeness (QED) is 0.0104. The first-order valence-electron chi connectivity index (χ1n) is 27.7. The Morgan fingerprint density at radius 1 is 0.584 bits per heavy atom. The molecule has 1 atom stereocenters. The Balaban J connectivity index is 0.986. The highest BCUT2D eigenvalue weighted by Crippen LogP contribution is 2.39. The second-order valence-corrected chi connectivity index (χ2v) is 20.2. The van der Waals surface area contributed by atoms with Gasteiger partial charge in [-0.15, -0.1) is 0 Å². The summed E-state index contributed by atoms with van der Waals surface area (Å²) in [5.74, 6) is 0.328. The van der Waals surface area contributed by atoms with Crippen molar-refractivity contribution in [1.82, 2.24) is 0 Å². The van der Waals surface area contributed by atoms with E-state index >= 15 is 0 Å². The second kappa shape index (κ2) is 35.3. The Hall–Kier alpha value is -7.01. The minimum Gasteiger partial charge on any atom is -0.494 e. The van der Waals surface area contributed by atoms with Gasteiger partial charge in [-0.25, -0.2) is 9.59 Å². The highest BCUT2D eigenvalue weighted by atomic mass is 16.6. The van der Waals surface area contributed by atoms with E-state index in [4.69, 9.17) is 38.4 Å². The lowest BCUT2D eigenvalue weighted by atomic mass is 9.72. The largest absolute Gasteiger partial charge is 0.494 e. The molecule has 0 saturated carbocycles. The number of ether oxygens (including phenoxy) is 7. The van der Waals surface area contributed by atoms with Gasteiger partial charge in [-0.1, -0.05) is 83.4 Å². The van der Waals surface area contributed by atoms with Crippen LogP contribution in [0.1, 0.15) is 172 Å². The van der Waals surface area contributed by atoms with Crippen LogP contribution in [0.15, 0.2) is 107 Å². The topological polar surface area (TPSA) is 181 Å². The van der Waals surface area contributed by atoms with E-state index in [2.05, 4.69) is 29.3 Å². The highest BCUT2D eigenvalue weighted by Gasteiger charge is 2.43. The van der Waals surface area contributed by atoms with Crippen LogP contribution in [0.25, 0.3) is 6.08 Å². The molecule has 0 bridgehead atoms. The number of aryl methyl sites for hydroxylation is 1. The third kappa shape index (κ3) is 24.3. The maximum Gasteiger partial charge on any atom is 0.343 e. The first-order chi connectivity index (χ1) is 37.3. The van der Waals surface area contributed by atoms with Crippen LogP contribution in [-0.2, 0) is 35.0 Å². The van der Waals surface area contributed by atoms with Crippen molar-refractivity contribution < 1.29 is 52.3 Å². The number of hydrogen-bond donors (Lipinski definition) is 0. The number of nitrogens with zero attached hydrogens (tertiary/aromatic N) is 3. The van der Waals surface area contributed by atoms with E-state index in [1.54, 1.807) is 48.5 Å². The van der Waals surface area contributed by atoms with Crippen LogP contribution >= 0.6 is 0 Å². The van der Waals surface area contributed by atoms with Crippen LogP contribution < -0.4 is 18.9 Å². The molecule has 0 amide bonds. The molecule has 0 radical (unpaired) electrons. The summed E-state index contributed by atoms with van der Waals surface area (Å²) in [5, 5.41) is 17.3. The zero-order chi connectivity index (χ0) is 55.6. The fourth-order valence-corrected chi connectivity index (χ4v) is 8.45. The number of carbonyl (C=O) groups excluding carboxylic acids is 4. The first-order valence-corrected chi connectivity index (χ1v) is 27.7. The van der Waals surface area contributed by atoms with Crippen LogP contribution in [-0.4, -0.2) is 64.0 Å². The van der Waals surface area contributed by atoms with Crippen LogP contribution in [0.2, 0.25) is 0 Å². The zero-order valence-corrected chi connectivity index (χ0v) is 46.6. The molecule has 4 rings (SSSR count). The van der Waals surface area contributed by atoms with Gasteiger partial charge in [0, 0.05) is 6.08 Å². The van der Waals surface area contributed by atoms with Gasteiger partial charge in [0.25, 0.3) is 0 Å². The van der Waals surface area contributed by atoms with E-state index in [-0.39, 0.29) is 30.7 Å². The number of azo groups is 1. The summed E-state index contributed by atoms with van der Waals surface area (Å²) in [6.07, 6.45) is 20.3. The Bertz CT molecular complexity index is 2480. The Morgan fingerprint density at radius 3 is 1.66 bits per heavy atom. The van der Waals surface area contributed by atoms with Gasteiger partial charge in [0.1, 0.15) is 18.1 Å². The lowest BCUT2D eigenvalue weighted by Crippen LogP contribution is -2.38. The molecule has 0 fully saturated rings. The number of methoxy groups -OCH3 is 1. The molecule has 0 N–H and O–H groups in total. The Morgan fingerprint density at radius 2 is 1.12 bits per heavy atom. The standard InChI is InChI=1S/C63H83N3O11/c1-7-9-18-24-49-25-31-52(32-26-49)65-66-53-33-37-55(38-34-53)73-43-20-16-17-22-45-76-61(70)63(5,8-2)48-62(3,4)60(69)75-44-21-15-13-11-10-12-14-19-42-72-54-35-29-51(30-36-54)59(68)77-56-39-27-50(47-57(56)71-6)28-40-58(67)74-46-23-41-64/h25-40,47H,7-24,42-46,48H2,1-6H3/b40-28+,66-65?. The van der Waals surface area contributed by atoms with Gasteiger partial charge < -0.3 is 33.2 Å². The molecule has 0 aromatic heterocycles. The summed E-state index contributed by atoms with van der Waals surface area (Å²) in [7, 11) is 1.46. The van der Waals surface area contributed by atoms with Gasteiger partial charge in [0.2, 0.25) is 0 Å². The van der Waals surface area contributed by atoms with Crippen molar-refractivity contribution in [3.8, 4) is 29.1 Å². The van der Waals surface area contributed by atoms with Crippen molar-refractivity contribution in [3.05, 3.63) is 114 Å². The van der Waals surface area contributed by atoms with E-state index in [0.717, 1.165) is 101 Å². The monoisotopic (exact) mass is 1060 g/mol. The number of benzene rings is 4. The number of rotatable bonds is 38. The molecule has 0 aliphatic rings. The number of hydrogen-bond acceptors (Lipinski definition) is 14. The molecule has 14 nitrogen and oxygen atoms in total. The summed E-state index contributed by atoms with van der Waals surface area (Å²) in [4.78, 5) is 51.1. The molecule has 77 heavy (non-hydrogen) atoms. The molecule has 0 spiro atoms. The molecule has 416 valence electrons. The van der Waals surface area contributed by atoms with Crippen molar-refractivity contribution in [1.29, 1.82) is 5.26 Å². The van der Waals surface area contributed by atoms with Crippen LogP contribution in [0.4, 0.5) is 11.4 Å². The van der Waals surface area contributed by atoms with Gasteiger partial charge in [0.05, 0.1) is 73.8 Å². The fraction of sp³-hybridized carbons (Fsp3) is 0.508. The Labute approximate surface area is 457 Å². The first kappa shape index (κ1) is 62.5. The predicted molar refractivity (Wildman–Crippen MR) is 300 cm³/mol. The SMILES string of the molecule is CCCCCc1ccc(N=Nc2ccc(OCCCCCCOC(=O)C(C)(CC)CC(C)(C)C(=O)OCCCCCCCCCCOc3ccc(C(=O)Oc4ccc(/C=C/C(=O)OCCC#N)cc4OC)cc3)cc2)cc1. The lowest BCUT2D eigenvalue weighted by molar-refractivity contribution is -0.163. The Kier molecular flexibility index (Phi) is 28.7. The summed E-state index contributed by atoms with van der Waals surface area (Å²) >= 11 is 0. The van der Waals surface area contributed by atoms with Gasteiger partial charge in [0.15, 0.2) is 11.5 Å². The summed E-state index contributed by atoms with van der Waals surface area (Å²) < 4.78 is 39.2. The van der Waals surface area contributed by atoms with E-state index in [1.165, 1.54) is 38.0 Å². The van der Waals surface area contributed by atoms with Crippen LogP contribution in [0, 0.1) is 22.2 Å². The molecule has 0 aliphatic carbocycles. The van der Waals surface area contributed by atoms with Gasteiger partial charge in [-0.2, -0.15) is 15.5 Å². The van der Waals surface area contributed by atoms with Crippen molar-refractivity contribution in [2.24, 2.45) is 21.1 Å². The molecular weight excluding hydrogens is 975 g/mol. The average molecular weight is 1060 g/mol.